The topological polar surface area (TPSA) is 119 Å². The molecule has 1 aliphatic carbocycles. The number of hydrogen-bond acceptors (Lipinski definition) is 7. The molecule has 158 valence electrons. The number of carbonyl (C=O) groups is 1. The van der Waals surface area contributed by atoms with Gasteiger partial charge < -0.3 is 5.32 Å². The number of carbonyl (C=O) groups excluding carboxylic acids is 1. The summed E-state index contributed by atoms with van der Waals surface area (Å²) in [6.07, 6.45) is 11.7. The predicted molar refractivity (Wildman–Crippen MR) is 114 cm³/mol. The number of sulfonamides is 1. The Morgan fingerprint density at radius 3 is 2.43 bits per heavy atom. The monoisotopic (exact) mass is 428 g/mol. The number of anilines is 2. The van der Waals surface area contributed by atoms with E-state index in [2.05, 4.69) is 20.4 Å². The molecule has 0 atom stereocenters. The maximum atomic E-state index is 11.9. The summed E-state index contributed by atoms with van der Waals surface area (Å²) >= 11 is 0. The van der Waals surface area contributed by atoms with Crippen molar-refractivity contribution in [3.63, 3.8) is 0 Å². The van der Waals surface area contributed by atoms with E-state index in [4.69, 9.17) is 0 Å². The summed E-state index contributed by atoms with van der Waals surface area (Å²) in [6.45, 7) is 0. The molecule has 2 heterocycles. The van der Waals surface area contributed by atoms with Gasteiger partial charge in [-0.2, -0.15) is 10.1 Å². The second-order valence-electron chi connectivity index (χ2n) is 7.61. The summed E-state index contributed by atoms with van der Waals surface area (Å²) in [6, 6.07) is 6.79. The number of fused-ring (bicyclic) bond motifs is 1. The van der Waals surface area contributed by atoms with Crippen molar-refractivity contribution in [2.24, 2.45) is 0 Å². The summed E-state index contributed by atoms with van der Waals surface area (Å²) in [5.41, 5.74) is 1.74. The molecule has 0 spiro atoms. The van der Waals surface area contributed by atoms with E-state index in [1.54, 1.807) is 24.5 Å². The minimum atomic E-state index is -3.60. The van der Waals surface area contributed by atoms with Gasteiger partial charge in [-0.15, -0.1) is 0 Å². The predicted octanol–water partition coefficient (Wildman–Crippen LogP) is 3.15. The third-order valence-corrected chi connectivity index (χ3v) is 5.74. The van der Waals surface area contributed by atoms with Gasteiger partial charge in [-0.05, 0) is 37.1 Å². The molecule has 1 saturated carbocycles. The number of rotatable bonds is 5. The van der Waals surface area contributed by atoms with Crippen molar-refractivity contribution in [3.05, 3.63) is 42.2 Å². The van der Waals surface area contributed by atoms with E-state index < -0.39 is 15.9 Å². The van der Waals surface area contributed by atoms with Crippen LogP contribution in [0.3, 0.4) is 0 Å². The van der Waals surface area contributed by atoms with Crippen LogP contribution in [0.5, 0.6) is 0 Å². The van der Waals surface area contributed by atoms with Crippen LogP contribution < -0.4 is 10.0 Å². The lowest BCUT2D eigenvalue weighted by atomic mass is 10.1. The molecule has 2 aromatic heterocycles. The van der Waals surface area contributed by atoms with Gasteiger partial charge in [-0.3, -0.25) is 4.79 Å². The van der Waals surface area contributed by atoms with Crippen molar-refractivity contribution >= 4 is 38.6 Å². The molecule has 9 nitrogen and oxygen atoms in total. The van der Waals surface area contributed by atoms with E-state index in [9.17, 15) is 13.2 Å². The molecule has 30 heavy (non-hydrogen) atoms. The van der Waals surface area contributed by atoms with Crippen LogP contribution in [0.1, 0.15) is 54.9 Å². The lowest BCUT2D eigenvalue weighted by molar-refractivity contribution is 0.0981. The molecule has 2 N–H and O–H groups in total. The van der Waals surface area contributed by atoms with Crippen molar-refractivity contribution in [1.29, 1.82) is 0 Å². The summed E-state index contributed by atoms with van der Waals surface area (Å²) in [5.74, 6) is -0.236. The third-order valence-electron chi connectivity index (χ3n) is 5.19. The van der Waals surface area contributed by atoms with Crippen molar-refractivity contribution in [2.45, 2.75) is 44.6 Å². The summed E-state index contributed by atoms with van der Waals surface area (Å²) in [5, 5.41) is 8.59. The van der Waals surface area contributed by atoms with E-state index in [1.165, 1.54) is 37.8 Å². The van der Waals surface area contributed by atoms with Gasteiger partial charge in [0.2, 0.25) is 16.0 Å². The normalized spacial score (nSPS) is 15.6. The number of nitrogens with zero attached hydrogens (tertiary/aromatic N) is 4. The smallest absolute Gasteiger partial charge is 0.264 e. The number of aromatic nitrogens is 4. The molecule has 1 aliphatic rings. The highest BCUT2D eigenvalue weighted by Gasteiger charge is 2.18. The Morgan fingerprint density at radius 1 is 1.07 bits per heavy atom. The standard InChI is InChI=1S/C20H24N6O3S/c1-30(28,29)25-19(27)14-8-10-16(11-9-14)23-20-21-12-15-13-22-26(18(15)24-20)17-6-4-2-3-5-7-17/h8-13,17H,2-7H2,1H3,(H,25,27)(H,21,23,24). The molecule has 0 unspecified atom stereocenters. The molecule has 1 fully saturated rings. The summed E-state index contributed by atoms with van der Waals surface area (Å²) < 4.78 is 26.4. The quantitative estimate of drug-likeness (QED) is 0.599. The number of benzene rings is 1. The fourth-order valence-electron chi connectivity index (χ4n) is 3.73. The molecule has 0 radical (unpaired) electrons. The fourth-order valence-corrected chi connectivity index (χ4v) is 4.18. The lowest BCUT2D eigenvalue weighted by Gasteiger charge is -2.15. The van der Waals surface area contributed by atoms with E-state index in [0.717, 1.165) is 30.1 Å². The van der Waals surface area contributed by atoms with E-state index in [1.807, 2.05) is 9.40 Å². The first-order valence-corrected chi connectivity index (χ1v) is 11.9. The van der Waals surface area contributed by atoms with Gasteiger partial charge in [0.15, 0.2) is 5.65 Å². The maximum Gasteiger partial charge on any atom is 0.264 e. The van der Waals surface area contributed by atoms with Gasteiger partial charge in [-0.1, -0.05) is 25.7 Å². The van der Waals surface area contributed by atoms with Crippen LogP contribution in [0.4, 0.5) is 11.6 Å². The minimum Gasteiger partial charge on any atom is -0.324 e. The Kier molecular flexibility index (Phi) is 5.67. The highest BCUT2D eigenvalue weighted by molar-refractivity contribution is 7.89. The van der Waals surface area contributed by atoms with Crippen molar-refractivity contribution in [3.8, 4) is 0 Å². The molecule has 1 amide bonds. The van der Waals surface area contributed by atoms with Gasteiger partial charge >= 0.3 is 0 Å². The van der Waals surface area contributed by atoms with E-state index >= 15 is 0 Å². The third kappa shape index (κ3) is 4.76. The van der Waals surface area contributed by atoms with Crippen LogP contribution in [-0.2, 0) is 10.0 Å². The molecule has 4 rings (SSSR count). The van der Waals surface area contributed by atoms with Crippen LogP contribution in [0.15, 0.2) is 36.7 Å². The van der Waals surface area contributed by atoms with Crippen LogP contribution in [0.2, 0.25) is 0 Å². The second-order valence-corrected chi connectivity index (χ2v) is 9.36. The van der Waals surface area contributed by atoms with Gasteiger partial charge in [0.05, 0.1) is 23.9 Å². The summed E-state index contributed by atoms with van der Waals surface area (Å²) in [4.78, 5) is 20.9. The zero-order valence-corrected chi connectivity index (χ0v) is 17.5. The number of amides is 1. The molecule has 0 aliphatic heterocycles. The van der Waals surface area contributed by atoms with E-state index in [0.29, 0.717) is 17.7 Å². The number of nitrogens with one attached hydrogen (secondary N) is 2. The first-order valence-electron chi connectivity index (χ1n) is 9.98. The first kappa shape index (κ1) is 20.3. The Hall–Kier alpha value is -3.01. The van der Waals surface area contributed by atoms with Crippen LogP contribution in [-0.4, -0.2) is 40.3 Å². The Bertz CT molecular complexity index is 1150. The lowest BCUT2D eigenvalue weighted by Crippen LogP contribution is -2.29. The molecule has 0 bridgehead atoms. The van der Waals surface area contributed by atoms with Gasteiger partial charge in [0, 0.05) is 17.4 Å². The van der Waals surface area contributed by atoms with E-state index in [-0.39, 0.29) is 5.56 Å². The molecule has 0 saturated heterocycles. The average molecular weight is 429 g/mol. The van der Waals surface area contributed by atoms with Crippen LogP contribution in [0, 0.1) is 0 Å². The van der Waals surface area contributed by atoms with Gasteiger partial charge in [0.1, 0.15) is 0 Å². The van der Waals surface area contributed by atoms with Crippen LogP contribution >= 0.6 is 0 Å². The Morgan fingerprint density at radius 2 is 1.77 bits per heavy atom. The van der Waals surface area contributed by atoms with Gasteiger partial charge in [0.25, 0.3) is 5.91 Å². The molecular weight excluding hydrogens is 404 g/mol. The first-order chi connectivity index (χ1) is 14.4. The molecule has 1 aromatic carbocycles. The Labute approximate surface area is 175 Å². The summed E-state index contributed by atoms with van der Waals surface area (Å²) in [7, 11) is -3.60. The highest BCUT2D eigenvalue weighted by Crippen LogP contribution is 2.29. The average Bonchev–Trinajstić information content (AvgIpc) is 2.92. The van der Waals surface area contributed by atoms with Gasteiger partial charge in [-0.25, -0.2) is 22.8 Å². The fraction of sp³-hybridized carbons (Fsp3) is 0.400. The van der Waals surface area contributed by atoms with Crippen molar-refractivity contribution < 1.29 is 13.2 Å². The highest BCUT2D eigenvalue weighted by atomic mass is 32.2. The molecule has 3 aromatic rings. The van der Waals surface area contributed by atoms with Crippen LogP contribution in [0.25, 0.3) is 11.0 Å². The van der Waals surface area contributed by atoms with Crippen molar-refractivity contribution in [1.82, 2.24) is 24.5 Å². The number of hydrogen-bond donors (Lipinski definition) is 2. The molecular formula is C20H24N6O3S. The second kappa shape index (κ2) is 8.39. The zero-order valence-electron chi connectivity index (χ0n) is 16.7. The molecule has 10 heteroatoms. The minimum absolute atomic E-state index is 0.244. The largest absolute Gasteiger partial charge is 0.324 e. The van der Waals surface area contributed by atoms with Crippen molar-refractivity contribution in [2.75, 3.05) is 11.6 Å². The SMILES string of the molecule is CS(=O)(=O)NC(=O)c1ccc(Nc2ncc3cnn(C4CCCCCC4)c3n2)cc1. The zero-order chi connectivity index (χ0) is 21.1. The maximum absolute atomic E-state index is 11.9. The Balaban J connectivity index is 1.52.